The van der Waals surface area contributed by atoms with Crippen molar-refractivity contribution in [3.05, 3.63) is 33.6 Å². The molecule has 21 heavy (non-hydrogen) atoms. The first-order valence-electron chi connectivity index (χ1n) is 6.77. The fourth-order valence-electron chi connectivity index (χ4n) is 2.35. The van der Waals surface area contributed by atoms with E-state index in [1.165, 1.54) is 11.8 Å². The molecule has 0 saturated carbocycles. The molecule has 6 nitrogen and oxygen atoms in total. The Labute approximate surface area is 126 Å². The molecule has 2 amide bonds. The molecule has 0 spiro atoms. The Morgan fingerprint density at radius 2 is 2.33 bits per heavy atom. The van der Waals surface area contributed by atoms with Crippen LogP contribution in [0.1, 0.15) is 29.5 Å². The summed E-state index contributed by atoms with van der Waals surface area (Å²) in [6.07, 6.45) is 1.17. The minimum absolute atomic E-state index is 0.0166. The van der Waals surface area contributed by atoms with Crippen molar-refractivity contribution in [3.8, 4) is 0 Å². The van der Waals surface area contributed by atoms with Crippen LogP contribution < -0.4 is 5.32 Å². The largest absolute Gasteiger partial charge is 0.332 e. The molecule has 3 heterocycles. The average molecular weight is 304 g/mol. The highest BCUT2D eigenvalue weighted by molar-refractivity contribution is 7.09. The quantitative estimate of drug-likeness (QED) is 0.905. The summed E-state index contributed by atoms with van der Waals surface area (Å²) in [5, 5.41) is 11.9. The molecule has 0 bridgehead atoms. The van der Waals surface area contributed by atoms with Crippen LogP contribution >= 0.6 is 11.3 Å². The Kier molecular flexibility index (Phi) is 3.74. The highest BCUT2D eigenvalue weighted by atomic mass is 32.1. The number of carbonyl (C=O) groups is 2. The van der Waals surface area contributed by atoms with Gasteiger partial charge in [-0.15, -0.1) is 11.3 Å². The van der Waals surface area contributed by atoms with Crippen LogP contribution in [-0.4, -0.2) is 26.9 Å². The number of hydrogen-bond donors (Lipinski definition) is 2. The monoisotopic (exact) mass is 304 g/mol. The van der Waals surface area contributed by atoms with Crippen LogP contribution in [0, 0.1) is 0 Å². The van der Waals surface area contributed by atoms with Crippen LogP contribution in [0.3, 0.4) is 0 Å². The molecule has 0 fully saturated rings. The predicted octanol–water partition coefficient (Wildman–Crippen LogP) is 1.90. The number of carbonyl (C=O) groups excluding carboxylic acids is 2. The summed E-state index contributed by atoms with van der Waals surface area (Å²) in [5.74, 6) is 0.587. The first kappa shape index (κ1) is 13.8. The summed E-state index contributed by atoms with van der Waals surface area (Å²) in [6, 6.07) is 4.01. The number of amides is 2. The maximum absolute atomic E-state index is 12.0. The van der Waals surface area contributed by atoms with E-state index in [1.54, 1.807) is 16.2 Å². The van der Waals surface area contributed by atoms with Crippen molar-refractivity contribution in [2.24, 2.45) is 0 Å². The summed E-state index contributed by atoms with van der Waals surface area (Å²) in [5.41, 5.74) is 1.74. The van der Waals surface area contributed by atoms with Crippen molar-refractivity contribution < 1.29 is 9.59 Å². The van der Waals surface area contributed by atoms with Gasteiger partial charge in [0, 0.05) is 23.8 Å². The lowest BCUT2D eigenvalue weighted by Gasteiger charge is -2.12. The molecule has 0 aromatic carbocycles. The van der Waals surface area contributed by atoms with Crippen molar-refractivity contribution in [1.29, 1.82) is 0 Å². The smallest absolute Gasteiger partial charge is 0.225 e. The lowest BCUT2D eigenvalue weighted by atomic mass is 10.2. The maximum Gasteiger partial charge on any atom is 0.225 e. The zero-order chi connectivity index (χ0) is 14.8. The van der Waals surface area contributed by atoms with Crippen molar-refractivity contribution >= 4 is 29.0 Å². The summed E-state index contributed by atoms with van der Waals surface area (Å²) >= 11 is 1.65. The number of thiophene rings is 1. The van der Waals surface area contributed by atoms with Gasteiger partial charge >= 0.3 is 0 Å². The lowest BCUT2D eigenvalue weighted by Crippen LogP contribution is -2.23. The number of nitrogens with one attached hydrogen (secondary N) is 2. The Bertz CT molecular complexity index is 663. The Hall–Kier alpha value is -2.15. The van der Waals surface area contributed by atoms with E-state index < -0.39 is 0 Å². The van der Waals surface area contributed by atoms with E-state index in [0.717, 1.165) is 17.7 Å². The third-order valence-electron chi connectivity index (χ3n) is 3.53. The molecule has 0 unspecified atom stereocenters. The standard InChI is InChI=1S/C14H16N4O2S/c1-9(19)18-7-11-12(8-18)16-17-14(11)15-13(20)5-4-10-3-2-6-21-10/h2-3,6H,4-5,7-8H2,1H3,(H2,15,16,17,20). The minimum atomic E-state index is -0.0453. The average Bonchev–Trinajstić information content (AvgIpc) is 3.14. The van der Waals surface area contributed by atoms with Crippen LogP contribution in [0.2, 0.25) is 0 Å². The van der Waals surface area contributed by atoms with Crippen LogP contribution in [0.4, 0.5) is 5.82 Å². The number of rotatable bonds is 4. The Morgan fingerprint density at radius 3 is 3.05 bits per heavy atom. The molecule has 2 aromatic rings. The number of aromatic amines is 1. The molecule has 1 aliphatic heterocycles. The number of aryl methyl sites for hydroxylation is 1. The molecular formula is C14H16N4O2S. The highest BCUT2D eigenvalue weighted by Gasteiger charge is 2.27. The molecule has 0 radical (unpaired) electrons. The van der Waals surface area contributed by atoms with Crippen molar-refractivity contribution in [2.45, 2.75) is 32.9 Å². The molecule has 110 valence electrons. The number of aromatic nitrogens is 2. The molecule has 0 saturated heterocycles. The highest BCUT2D eigenvalue weighted by Crippen LogP contribution is 2.27. The molecule has 0 aliphatic carbocycles. The minimum Gasteiger partial charge on any atom is -0.332 e. The van der Waals surface area contributed by atoms with Crippen molar-refractivity contribution in [2.75, 3.05) is 5.32 Å². The van der Waals surface area contributed by atoms with Gasteiger partial charge in [-0.1, -0.05) is 6.07 Å². The van der Waals surface area contributed by atoms with Crippen LogP contribution in [0.15, 0.2) is 17.5 Å². The van der Waals surface area contributed by atoms with Crippen LogP contribution in [-0.2, 0) is 29.1 Å². The van der Waals surface area contributed by atoms with E-state index >= 15 is 0 Å². The normalized spacial score (nSPS) is 13.3. The van der Waals surface area contributed by atoms with E-state index in [4.69, 9.17) is 0 Å². The number of anilines is 1. The molecule has 7 heteroatoms. The van der Waals surface area contributed by atoms with Gasteiger partial charge in [0.25, 0.3) is 0 Å². The Balaban J connectivity index is 1.59. The van der Waals surface area contributed by atoms with Crippen LogP contribution in [0.5, 0.6) is 0 Å². The number of nitrogens with zero attached hydrogens (tertiary/aromatic N) is 2. The fourth-order valence-corrected chi connectivity index (χ4v) is 3.06. The van der Waals surface area contributed by atoms with Gasteiger partial charge < -0.3 is 10.2 Å². The SMILES string of the molecule is CC(=O)N1Cc2n[nH]c(NC(=O)CCc3cccs3)c2C1. The summed E-state index contributed by atoms with van der Waals surface area (Å²) in [6.45, 7) is 2.54. The van der Waals surface area contributed by atoms with Crippen LogP contribution in [0.25, 0.3) is 0 Å². The number of H-pyrrole nitrogens is 1. The van der Waals surface area contributed by atoms with E-state index in [1.807, 2.05) is 17.5 Å². The van der Waals surface area contributed by atoms with Gasteiger partial charge in [0.15, 0.2) is 0 Å². The lowest BCUT2D eigenvalue weighted by molar-refractivity contribution is -0.129. The summed E-state index contributed by atoms with van der Waals surface area (Å²) in [7, 11) is 0. The van der Waals surface area contributed by atoms with Gasteiger partial charge in [0.2, 0.25) is 11.8 Å². The number of hydrogen-bond acceptors (Lipinski definition) is 4. The second kappa shape index (κ2) is 5.69. The molecule has 0 atom stereocenters. The van der Waals surface area contributed by atoms with Gasteiger partial charge in [0.05, 0.1) is 18.8 Å². The van der Waals surface area contributed by atoms with Gasteiger partial charge in [-0.05, 0) is 17.9 Å². The van der Waals surface area contributed by atoms with Gasteiger partial charge in [0.1, 0.15) is 5.82 Å². The molecule has 2 N–H and O–H groups in total. The van der Waals surface area contributed by atoms with E-state index in [0.29, 0.717) is 25.3 Å². The molecule has 2 aromatic heterocycles. The van der Waals surface area contributed by atoms with E-state index in [9.17, 15) is 9.59 Å². The number of fused-ring (bicyclic) bond motifs is 1. The second-order valence-electron chi connectivity index (χ2n) is 5.03. The van der Waals surface area contributed by atoms with Gasteiger partial charge in [-0.25, -0.2) is 0 Å². The van der Waals surface area contributed by atoms with Gasteiger partial charge in [-0.3, -0.25) is 14.7 Å². The van der Waals surface area contributed by atoms with Crippen molar-refractivity contribution in [3.63, 3.8) is 0 Å². The zero-order valence-electron chi connectivity index (χ0n) is 11.7. The Morgan fingerprint density at radius 1 is 1.48 bits per heavy atom. The second-order valence-corrected chi connectivity index (χ2v) is 6.06. The predicted molar refractivity (Wildman–Crippen MR) is 79.8 cm³/mol. The maximum atomic E-state index is 12.0. The summed E-state index contributed by atoms with van der Waals surface area (Å²) in [4.78, 5) is 26.3. The van der Waals surface area contributed by atoms with E-state index in [2.05, 4.69) is 15.5 Å². The van der Waals surface area contributed by atoms with Crippen molar-refractivity contribution in [1.82, 2.24) is 15.1 Å². The fraction of sp³-hybridized carbons (Fsp3) is 0.357. The first-order valence-corrected chi connectivity index (χ1v) is 7.65. The van der Waals surface area contributed by atoms with Gasteiger partial charge in [-0.2, -0.15) is 5.10 Å². The molecule has 1 aliphatic rings. The summed E-state index contributed by atoms with van der Waals surface area (Å²) < 4.78 is 0. The zero-order valence-corrected chi connectivity index (χ0v) is 12.5. The topological polar surface area (TPSA) is 78.1 Å². The third-order valence-corrected chi connectivity index (χ3v) is 4.47. The third kappa shape index (κ3) is 2.97. The molecule has 3 rings (SSSR count). The first-order chi connectivity index (χ1) is 10.1. The molecular weight excluding hydrogens is 288 g/mol. The van der Waals surface area contributed by atoms with E-state index in [-0.39, 0.29) is 11.8 Å².